The molecular formula is C18H20O5. The molecule has 2 aliphatic carbocycles. The van der Waals surface area contributed by atoms with Gasteiger partial charge in [-0.2, -0.15) is 0 Å². The number of ketones is 1. The van der Waals surface area contributed by atoms with Gasteiger partial charge in [0.05, 0.1) is 18.1 Å². The van der Waals surface area contributed by atoms with E-state index < -0.39 is 29.4 Å². The average molecular weight is 316 g/mol. The Morgan fingerprint density at radius 1 is 1.13 bits per heavy atom. The third-order valence-electron chi connectivity index (χ3n) is 5.11. The molecule has 0 radical (unpaired) electrons. The van der Waals surface area contributed by atoms with Crippen molar-refractivity contribution in [1.29, 1.82) is 0 Å². The Hall–Kier alpha value is -2.17. The van der Waals surface area contributed by atoms with E-state index in [1.54, 1.807) is 24.3 Å². The molecule has 3 rings (SSSR count). The molecule has 2 aliphatic rings. The van der Waals surface area contributed by atoms with E-state index in [9.17, 15) is 14.4 Å². The van der Waals surface area contributed by atoms with E-state index in [1.807, 2.05) is 6.07 Å². The summed E-state index contributed by atoms with van der Waals surface area (Å²) in [5.41, 5.74) is -0.252. The smallest absolute Gasteiger partial charge is 0.338 e. The van der Waals surface area contributed by atoms with Crippen LogP contribution < -0.4 is 0 Å². The van der Waals surface area contributed by atoms with E-state index in [2.05, 4.69) is 0 Å². The molecular weight excluding hydrogens is 296 g/mol. The average Bonchev–Trinajstić information content (AvgIpc) is 3.17. The van der Waals surface area contributed by atoms with Crippen LogP contribution in [0.2, 0.25) is 0 Å². The van der Waals surface area contributed by atoms with Crippen LogP contribution in [-0.2, 0) is 19.1 Å². The van der Waals surface area contributed by atoms with Gasteiger partial charge in [0.25, 0.3) is 0 Å². The van der Waals surface area contributed by atoms with Crippen LogP contribution in [-0.4, -0.2) is 30.9 Å². The van der Waals surface area contributed by atoms with Gasteiger partial charge in [0.2, 0.25) is 0 Å². The first kappa shape index (κ1) is 15.7. The normalized spacial score (nSPS) is 25.5. The van der Waals surface area contributed by atoms with Gasteiger partial charge in [-0.05, 0) is 25.0 Å². The third kappa shape index (κ3) is 2.64. The number of carbonyl (C=O) groups is 3. The second-order valence-electron chi connectivity index (χ2n) is 6.30. The largest absolute Gasteiger partial charge is 0.468 e. The number of hydrogen-bond donors (Lipinski definition) is 0. The Labute approximate surface area is 135 Å². The second kappa shape index (κ2) is 6.14. The van der Waals surface area contributed by atoms with Crippen LogP contribution in [0.5, 0.6) is 0 Å². The summed E-state index contributed by atoms with van der Waals surface area (Å²) in [4.78, 5) is 37.0. The van der Waals surface area contributed by atoms with Crippen molar-refractivity contribution in [2.24, 2.45) is 11.3 Å². The first-order chi connectivity index (χ1) is 11.1. The van der Waals surface area contributed by atoms with Gasteiger partial charge in [-0.3, -0.25) is 9.59 Å². The lowest BCUT2D eigenvalue weighted by molar-refractivity contribution is -0.149. The molecule has 2 atom stereocenters. The Bertz CT molecular complexity index is 616. The summed E-state index contributed by atoms with van der Waals surface area (Å²) in [7, 11) is 1.28. The standard InChI is InChI=1S/C18H20O5/c1-22-17(21)13-11-14(18(15(13)19)9-5-6-10-18)23-16(20)12-7-3-2-4-8-12/h2-4,7-8,13-14H,5-6,9-11H2,1H3. The fourth-order valence-electron chi connectivity index (χ4n) is 3.90. The van der Waals surface area contributed by atoms with E-state index in [0.29, 0.717) is 18.4 Å². The summed E-state index contributed by atoms with van der Waals surface area (Å²) in [5, 5.41) is 0. The molecule has 0 aliphatic heterocycles. The van der Waals surface area contributed by atoms with Crippen LogP contribution in [0.1, 0.15) is 42.5 Å². The predicted molar refractivity (Wildman–Crippen MR) is 81.7 cm³/mol. The molecule has 0 aromatic heterocycles. The summed E-state index contributed by atoms with van der Waals surface area (Å²) < 4.78 is 10.4. The van der Waals surface area contributed by atoms with Crippen molar-refractivity contribution in [3.63, 3.8) is 0 Å². The SMILES string of the molecule is COC(=O)C1CC(OC(=O)c2ccccc2)C2(CCCC2)C1=O. The summed E-state index contributed by atoms with van der Waals surface area (Å²) in [5.74, 6) is -1.90. The second-order valence-corrected chi connectivity index (χ2v) is 6.30. The van der Waals surface area contributed by atoms with Crippen LogP contribution in [0.4, 0.5) is 0 Å². The van der Waals surface area contributed by atoms with Crippen LogP contribution in [0.25, 0.3) is 0 Å². The Morgan fingerprint density at radius 2 is 1.78 bits per heavy atom. The van der Waals surface area contributed by atoms with Gasteiger partial charge in [-0.1, -0.05) is 31.0 Å². The highest BCUT2D eigenvalue weighted by molar-refractivity contribution is 6.04. The molecule has 2 fully saturated rings. The highest BCUT2D eigenvalue weighted by atomic mass is 16.5. The minimum atomic E-state index is -0.813. The lowest BCUT2D eigenvalue weighted by Gasteiger charge is -2.28. The topological polar surface area (TPSA) is 69.7 Å². The number of methoxy groups -OCH3 is 1. The van der Waals surface area contributed by atoms with Crippen molar-refractivity contribution in [3.05, 3.63) is 35.9 Å². The highest BCUT2D eigenvalue weighted by Gasteiger charge is 2.59. The van der Waals surface area contributed by atoms with E-state index in [-0.39, 0.29) is 12.2 Å². The van der Waals surface area contributed by atoms with E-state index in [4.69, 9.17) is 9.47 Å². The van der Waals surface area contributed by atoms with Gasteiger partial charge < -0.3 is 9.47 Å². The zero-order valence-corrected chi connectivity index (χ0v) is 13.1. The molecule has 0 saturated heterocycles. The number of benzene rings is 1. The number of hydrogen-bond acceptors (Lipinski definition) is 5. The van der Waals surface area contributed by atoms with Crippen molar-refractivity contribution in [2.75, 3.05) is 7.11 Å². The maximum atomic E-state index is 12.8. The van der Waals surface area contributed by atoms with Crippen LogP contribution in [0.15, 0.2) is 30.3 Å². The maximum Gasteiger partial charge on any atom is 0.338 e. The van der Waals surface area contributed by atoms with Crippen LogP contribution in [0.3, 0.4) is 0 Å². The summed E-state index contributed by atoms with van der Waals surface area (Å²) >= 11 is 0. The molecule has 0 heterocycles. The van der Waals surface area contributed by atoms with Crippen molar-refractivity contribution in [3.8, 4) is 0 Å². The van der Waals surface area contributed by atoms with Crippen LogP contribution >= 0.6 is 0 Å². The zero-order chi connectivity index (χ0) is 16.4. The molecule has 1 aromatic carbocycles. The quantitative estimate of drug-likeness (QED) is 0.633. The number of carbonyl (C=O) groups excluding carboxylic acids is 3. The third-order valence-corrected chi connectivity index (χ3v) is 5.11. The summed E-state index contributed by atoms with van der Waals surface area (Å²) in [6.07, 6.45) is 2.86. The van der Waals surface area contributed by atoms with Gasteiger partial charge in [0, 0.05) is 6.42 Å². The maximum absolute atomic E-state index is 12.8. The molecule has 122 valence electrons. The lowest BCUT2D eigenvalue weighted by Crippen LogP contribution is -2.37. The van der Waals surface area contributed by atoms with Gasteiger partial charge in [-0.25, -0.2) is 4.79 Å². The van der Waals surface area contributed by atoms with Crippen molar-refractivity contribution >= 4 is 17.7 Å². The van der Waals surface area contributed by atoms with Crippen molar-refractivity contribution in [2.45, 2.75) is 38.2 Å². The first-order valence-corrected chi connectivity index (χ1v) is 7.96. The lowest BCUT2D eigenvalue weighted by atomic mass is 9.80. The van der Waals surface area contributed by atoms with Gasteiger partial charge >= 0.3 is 11.9 Å². The molecule has 0 bridgehead atoms. The molecule has 2 saturated carbocycles. The van der Waals surface area contributed by atoms with E-state index in [0.717, 1.165) is 12.8 Å². The molecule has 5 nitrogen and oxygen atoms in total. The van der Waals surface area contributed by atoms with Crippen molar-refractivity contribution < 1.29 is 23.9 Å². The fraction of sp³-hybridized carbons (Fsp3) is 0.500. The van der Waals surface area contributed by atoms with E-state index in [1.165, 1.54) is 7.11 Å². The number of ether oxygens (including phenoxy) is 2. The molecule has 23 heavy (non-hydrogen) atoms. The predicted octanol–water partition coefficient (Wildman–Crippen LogP) is 2.53. The van der Waals surface area contributed by atoms with Crippen LogP contribution in [0, 0.1) is 11.3 Å². The Morgan fingerprint density at radius 3 is 2.39 bits per heavy atom. The highest BCUT2D eigenvalue weighted by Crippen LogP contribution is 2.52. The first-order valence-electron chi connectivity index (χ1n) is 7.96. The van der Waals surface area contributed by atoms with Gasteiger partial charge in [0.15, 0.2) is 5.78 Å². The van der Waals surface area contributed by atoms with E-state index >= 15 is 0 Å². The van der Waals surface area contributed by atoms with Gasteiger partial charge in [-0.15, -0.1) is 0 Å². The summed E-state index contributed by atoms with van der Waals surface area (Å²) in [6, 6.07) is 8.70. The molecule has 0 N–H and O–H groups in total. The number of rotatable bonds is 3. The Balaban J connectivity index is 1.83. The van der Waals surface area contributed by atoms with Gasteiger partial charge in [0.1, 0.15) is 12.0 Å². The fourth-order valence-corrected chi connectivity index (χ4v) is 3.90. The zero-order valence-electron chi connectivity index (χ0n) is 13.1. The monoisotopic (exact) mass is 316 g/mol. The Kier molecular flexibility index (Phi) is 4.20. The number of esters is 2. The minimum absolute atomic E-state index is 0.118. The molecule has 5 heteroatoms. The molecule has 1 spiro atoms. The molecule has 0 amide bonds. The molecule has 2 unspecified atom stereocenters. The number of Topliss-reactive ketones (excluding diaryl/α,β-unsaturated/α-hetero) is 1. The molecule has 1 aromatic rings. The summed E-state index contributed by atoms with van der Waals surface area (Å²) in [6.45, 7) is 0. The minimum Gasteiger partial charge on any atom is -0.468 e. The van der Waals surface area contributed by atoms with Crippen molar-refractivity contribution in [1.82, 2.24) is 0 Å².